The van der Waals surface area contributed by atoms with Crippen molar-refractivity contribution in [2.75, 3.05) is 32.9 Å². The van der Waals surface area contributed by atoms with Gasteiger partial charge in [-0.2, -0.15) is 0 Å². The zero-order chi connectivity index (χ0) is 20.4. The van der Waals surface area contributed by atoms with Gasteiger partial charge in [-0.05, 0) is 17.7 Å². The van der Waals surface area contributed by atoms with Crippen LogP contribution in [0.15, 0.2) is 46.4 Å². The molecule has 150 valence electrons. The Morgan fingerprint density at radius 1 is 1.14 bits per heavy atom. The third-order valence-corrected chi connectivity index (χ3v) is 5.62. The average molecular weight is 412 g/mol. The molecule has 3 aromatic rings. The molecule has 1 aromatic carbocycles. The Kier molecular flexibility index (Phi) is 5.22. The Hall–Kier alpha value is -3.33. The molecule has 4 rings (SSSR count). The van der Waals surface area contributed by atoms with Gasteiger partial charge in [-0.25, -0.2) is 4.99 Å². The van der Waals surface area contributed by atoms with Crippen molar-refractivity contribution in [2.24, 2.45) is 4.99 Å². The van der Waals surface area contributed by atoms with Gasteiger partial charge in [-0.15, -0.1) is 0 Å². The van der Waals surface area contributed by atoms with Crippen LogP contribution in [0.1, 0.15) is 5.56 Å². The van der Waals surface area contributed by atoms with Crippen molar-refractivity contribution in [2.45, 2.75) is 6.67 Å². The summed E-state index contributed by atoms with van der Waals surface area (Å²) in [5.74, 6) is 1.63. The smallest absolute Gasteiger partial charge is 0.271 e. The maximum Gasteiger partial charge on any atom is 0.271 e. The second-order valence-corrected chi connectivity index (χ2v) is 7.29. The minimum absolute atomic E-state index is 0.0743. The quantitative estimate of drug-likeness (QED) is 0.627. The zero-order valence-corrected chi connectivity index (χ0v) is 17.1. The van der Waals surface area contributed by atoms with Gasteiger partial charge in [0.05, 0.1) is 25.9 Å². The first-order chi connectivity index (χ1) is 14.1. The molecule has 0 spiro atoms. The van der Waals surface area contributed by atoms with Gasteiger partial charge in [0, 0.05) is 30.2 Å². The van der Waals surface area contributed by atoms with Crippen LogP contribution < -0.4 is 34.0 Å². The fourth-order valence-electron chi connectivity index (χ4n) is 3.14. The number of hydrogen-bond acceptors (Lipinski definition) is 8. The molecule has 0 N–H and O–H groups in total. The monoisotopic (exact) mass is 412 g/mol. The first-order valence-electron chi connectivity index (χ1n) is 8.85. The summed E-state index contributed by atoms with van der Waals surface area (Å²) in [4.78, 5) is 24.3. The molecule has 9 heteroatoms. The van der Waals surface area contributed by atoms with Crippen LogP contribution in [0.25, 0.3) is 6.08 Å². The molecule has 0 saturated carbocycles. The van der Waals surface area contributed by atoms with E-state index in [0.717, 1.165) is 11.3 Å². The molecule has 0 radical (unpaired) electrons. The molecule has 0 amide bonds. The van der Waals surface area contributed by atoms with Crippen molar-refractivity contribution in [1.29, 1.82) is 0 Å². The lowest BCUT2D eigenvalue weighted by Crippen LogP contribution is -2.42. The van der Waals surface area contributed by atoms with E-state index in [4.69, 9.17) is 14.2 Å². The highest BCUT2D eigenvalue weighted by molar-refractivity contribution is 7.07. The minimum Gasteiger partial charge on any atom is -0.493 e. The van der Waals surface area contributed by atoms with Gasteiger partial charge in [-0.3, -0.25) is 14.3 Å². The zero-order valence-electron chi connectivity index (χ0n) is 16.3. The molecule has 0 fully saturated rings. The van der Waals surface area contributed by atoms with Crippen molar-refractivity contribution in [3.63, 3.8) is 0 Å². The number of rotatable bonds is 5. The highest BCUT2D eigenvalue weighted by Gasteiger charge is 2.20. The molecule has 1 aliphatic rings. The number of thiazole rings is 1. The number of pyridine rings is 1. The van der Waals surface area contributed by atoms with E-state index < -0.39 is 0 Å². The number of nitrogens with zero attached hydrogens (tertiary/aromatic N) is 4. The lowest BCUT2D eigenvalue weighted by Gasteiger charge is -2.27. The number of benzene rings is 1. The molecule has 0 unspecified atom stereocenters. The maximum absolute atomic E-state index is 12.9. The van der Waals surface area contributed by atoms with Crippen LogP contribution in [-0.2, 0) is 6.67 Å². The largest absolute Gasteiger partial charge is 0.493 e. The van der Waals surface area contributed by atoms with Crippen molar-refractivity contribution in [1.82, 2.24) is 9.55 Å². The van der Waals surface area contributed by atoms with E-state index >= 15 is 0 Å². The first-order valence-corrected chi connectivity index (χ1v) is 9.67. The SMILES string of the molecule is COc1cc(N2CN=c3s/c(=C\c4cccnc4)c(=O)n3C2)cc(OC)c1OC. The first kappa shape index (κ1) is 19.0. The molecule has 8 nitrogen and oxygen atoms in total. The van der Waals surface area contributed by atoms with E-state index in [0.29, 0.717) is 39.9 Å². The van der Waals surface area contributed by atoms with Gasteiger partial charge in [0.15, 0.2) is 16.3 Å². The van der Waals surface area contributed by atoms with Crippen LogP contribution in [0.5, 0.6) is 17.2 Å². The molecule has 3 heterocycles. The van der Waals surface area contributed by atoms with Gasteiger partial charge in [0.25, 0.3) is 5.56 Å². The van der Waals surface area contributed by atoms with Crippen molar-refractivity contribution >= 4 is 23.1 Å². The molecule has 29 heavy (non-hydrogen) atoms. The van der Waals surface area contributed by atoms with E-state index in [-0.39, 0.29) is 5.56 Å². The van der Waals surface area contributed by atoms with Crippen LogP contribution >= 0.6 is 11.3 Å². The number of ether oxygens (including phenoxy) is 3. The number of fused-ring (bicyclic) bond motifs is 1. The lowest BCUT2D eigenvalue weighted by molar-refractivity contribution is 0.324. The van der Waals surface area contributed by atoms with E-state index in [2.05, 4.69) is 9.98 Å². The molecule has 0 saturated heterocycles. The predicted octanol–water partition coefficient (Wildman–Crippen LogP) is 1.21. The Morgan fingerprint density at radius 3 is 2.52 bits per heavy atom. The van der Waals surface area contributed by atoms with Gasteiger partial charge >= 0.3 is 0 Å². The normalized spacial score (nSPS) is 13.6. The summed E-state index contributed by atoms with van der Waals surface area (Å²) in [7, 11) is 4.71. The minimum atomic E-state index is -0.0743. The fourth-order valence-corrected chi connectivity index (χ4v) is 4.10. The summed E-state index contributed by atoms with van der Waals surface area (Å²) < 4.78 is 18.5. The Bertz CT molecular complexity index is 1180. The standard InChI is InChI=1S/C20H20N4O4S/c1-26-15-8-14(9-16(27-2)18(15)28-3)23-11-22-20-24(12-23)19(25)17(29-20)7-13-5-4-6-21-10-13/h4-10H,11-12H2,1-3H3/b17-7-. The maximum atomic E-state index is 12.9. The van der Waals surface area contributed by atoms with E-state index in [9.17, 15) is 4.79 Å². The number of anilines is 1. The predicted molar refractivity (Wildman–Crippen MR) is 111 cm³/mol. The number of hydrogen-bond donors (Lipinski definition) is 0. The van der Waals surface area contributed by atoms with Crippen molar-refractivity contribution < 1.29 is 14.2 Å². The highest BCUT2D eigenvalue weighted by atomic mass is 32.1. The van der Waals surface area contributed by atoms with Crippen LogP contribution in [0.4, 0.5) is 5.69 Å². The molecule has 0 aliphatic carbocycles. The van der Waals surface area contributed by atoms with E-state index in [1.807, 2.05) is 35.2 Å². The molecule has 2 aromatic heterocycles. The summed E-state index contributed by atoms with van der Waals surface area (Å²) in [6, 6.07) is 7.45. The average Bonchev–Trinajstić information content (AvgIpc) is 3.08. The summed E-state index contributed by atoms with van der Waals surface area (Å²) >= 11 is 1.38. The third kappa shape index (κ3) is 3.56. The summed E-state index contributed by atoms with van der Waals surface area (Å²) in [6.45, 7) is 0.804. The lowest BCUT2D eigenvalue weighted by atomic mass is 10.2. The van der Waals surface area contributed by atoms with Gasteiger partial charge in [-0.1, -0.05) is 17.4 Å². The topological polar surface area (TPSA) is 78.2 Å². The van der Waals surface area contributed by atoms with Crippen LogP contribution in [-0.4, -0.2) is 37.5 Å². The Morgan fingerprint density at radius 2 is 1.90 bits per heavy atom. The van der Waals surface area contributed by atoms with Gasteiger partial charge in [0.2, 0.25) is 5.75 Å². The Labute approximate surface area is 170 Å². The summed E-state index contributed by atoms with van der Waals surface area (Å²) in [5.41, 5.74) is 1.63. The van der Waals surface area contributed by atoms with Crippen molar-refractivity contribution in [3.8, 4) is 17.2 Å². The van der Waals surface area contributed by atoms with E-state index in [1.54, 1.807) is 38.3 Å². The van der Waals surface area contributed by atoms with Gasteiger partial charge < -0.3 is 19.1 Å². The molecule has 1 aliphatic heterocycles. The summed E-state index contributed by atoms with van der Waals surface area (Å²) in [5, 5.41) is 0. The van der Waals surface area contributed by atoms with Crippen LogP contribution in [0.3, 0.4) is 0 Å². The highest BCUT2D eigenvalue weighted by Crippen LogP contribution is 2.41. The van der Waals surface area contributed by atoms with Crippen molar-refractivity contribution in [3.05, 3.63) is 61.9 Å². The summed E-state index contributed by atoms with van der Waals surface area (Å²) in [6.07, 6.45) is 5.26. The number of aromatic nitrogens is 2. The molecule has 0 bridgehead atoms. The van der Waals surface area contributed by atoms with Gasteiger partial charge in [0.1, 0.15) is 13.3 Å². The second kappa shape index (κ2) is 7.96. The van der Waals surface area contributed by atoms with Crippen LogP contribution in [0, 0.1) is 0 Å². The Balaban J connectivity index is 1.72. The van der Waals surface area contributed by atoms with Crippen LogP contribution in [0.2, 0.25) is 0 Å². The molecular weight excluding hydrogens is 392 g/mol. The second-order valence-electron chi connectivity index (χ2n) is 6.28. The van der Waals surface area contributed by atoms with E-state index in [1.165, 1.54) is 11.3 Å². The third-order valence-electron chi connectivity index (χ3n) is 4.57. The molecule has 0 atom stereocenters. The fraction of sp³-hybridized carbons (Fsp3) is 0.250. The molecular formula is C20H20N4O4S. The number of methoxy groups -OCH3 is 3.